The van der Waals surface area contributed by atoms with Gasteiger partial charge in [0.1, 0.15) is 30.2 Å². The summed E-state index contributed by atoms with van der Waals surface area (Å²) in [5, 5.41) is 4.70. The highest BCUT2D eigenvalue weighted by atomic mass is 35.5. The lowest BCUT2D eigenvalue weighted by Crippen LogP contribution is -2.33. The molecule has 5 rings (SSSR count). The zero-order valence-corrected chi connectivity index (χ0v) is 22.8. The molecule has 0 aliphatic carbocycles. The van der Waals surface area contributed by atoms with E-state index in [1.54, 1.807) is 54.7 Å². The molecule has 0 saturated carbocycles. The second kappa shape index (κ2) is 9.29. The van der Waals surface area contributed by atoms with E-state index in [0.29, 0.717) is 27.6 Å². The van der Waals surface area contributed by atoms with E-state index in [0.717, 1.165) is 5.56 Å². The summed E-state index contributed by atoms with van der Waals surface area (Å²) in [6.07, 6.45) is -0.612. The van der Waals surface area contributed by atoms with Gasteiger partial charge in [-0.1, -0.05) is 29.3 Å². The topological polar surface area (TPSA) is 117 Å². The van der Waals surface area contributed by atoms with E-state index in [2.05, 4.69) is 15.1 Å². The summed E-state index contributed by atoms with van der Waals surface area (Å²) in [6, 6.07) is 6.69. The number of benzene rings is 1. The van der Waals surface area contributed by atoms with Crippen molar-refractivity contribution in [3.63, 3.8) is 0 Å². The van der Waals surface area contributed by atoms with E-state index in [9.17, 15) is 8.42 Å². The first-order valence-electron chi connectivity index (χ1n) is 11.6. The molecule has 2 fully saturated rings. The van der Waals surface area contributed by atoms with Gasteiger partial charge in [-0.25, -0.2) is 18.7 Å². The SMILES string of the molecule is Cc1ccc(S(=O)(=O)O[C@H]2O[C@@H](c3cc(Cl)c4c(/N=C/N(C)C)ncnn34)[C@@H]3OC(C)(C)O[C@@H]23)c(C)c1. The van der Waals surface area contributed by atoms with Gasteiger partial charge >= 0.3 is 0 Å². The molecule has 37 heavy (non-hydrogen) atoms. The second-order valence-corrected chi connectivity index (χ2v) is 11.7. The van der Waals surface area contributed by atoms with Gasteiger partial charge in [-0.15, -0.1) is 0 Å². The maximum absolute atomic E-state index is 13.2. The quantitative estimate of drug-likeness (QED) is 0.258. The zero-order chi connectivity index (χ0) is 26.7. The molecule has 2 aromatic heterocycles. The average molecular weight is 550 g/mol. The number of ether oxygens (including phenoxy) is 3. The molecule has 4 heterocycles. The fraction of sp³-hybridized carbons (Fsp3) is 0.458. The van der Waals surface area contributed by atoms with Crippen LogP contribution in [0.25, 0.3) is 5.52 Å². The Bertz CT molecular complexity index is 1490. The second-order valence-electron chi connectivity index (χ2n) is 9.78. The minimum Gasteiger partial charge on any atom is -0.369 e. The van der Waals surface area contributed by atoms with E-state index in [1.807, 2.05) is 21.0 Å². The third-order valence-electron chi connectivity index (χ3n) is 6.05. The van der Waals surface area contributed by atoms with Crippen LogP contribution in [0.2, 0.25) is 5.02 Å². The molecule has 0 bridgehead atoms. The predicted octanol–water partition coefficient (Wildman–Crippen LogP) is 3.54. The molecular formula is C24H28ClN5O6S. The van der Waals surface area contributed by atoms with Gasteiger partial charge < -0.3 is 19.1 Å². The number of rotatable bonds is 6. The third-order valence-corrected chi connectivity index (χ3v) is 7.78. The predicted molar refractivity (Wildman–Crippen MR) is 135 cm³/mol. The number of hydrogen-bond acceptors (Lipinski definition) is 9. The minimum atomic E-state index is -4.18. The van der Waals surface area contributed by atoms with E-state index in [-0.39, 0.29) is 4.90 Å². The Morgan fingerprint density at radius 3 is 2.62 bits per heavy atom. The van der Waals surface area contributed by atoms with Gasteiger partial charge in [-0.3, -0.25) is 0 Å². The normalized spacial score (nSPS) is 25.3. The van der Waals surface area contributed by atoms with E-state index in [4.69, 9.17) is 30.0 Å². The summed E-state index contributed by atoms with van der Waals surface area (Å²) in [5.41, 5.74) is 2.51. The molecule has 1 aromatic carbocycles. The monoisotopic (exact) mass is 549 g/mol. The lowest BCUT2D eigenvalue weighted by molar-refractivity contribution is -0.214. The van der Waals surface area contributed by atoms with Crippen molar-refractivity contribution in [2.24, 2.45) is 4.99 Å². The summed E-state index contributed by atoms with van der Waals surface area (Å²) >= 11 is 6.59. The van der Waals surface area contributed by atoms with Crippen LogP contribution in [-0.4, -0.2) is 72.6 Å². The molecule has 4 atom stereocenters. The largest absolute Gasteiger partial charge is 0.369 e. The molecule has 198 valence electrons. The number of nitrogens with zero attached hydrogens (tertiary/aromatic N) is 5. The Kier molecular flexibility index (Phi) is 6.54. The highest BCUT2D eigenvalue weighted by molar-refractivity contribution is 7.86. The fourth-order valence-corrected chi connectivity index (χ4v) is 6.08. The van der Waals surface area contributed by atoms with Crippen LogP contribution in [-0.2, 0) is 28.5 Å². The van der Waals surface area contributed by atoms with Crippen LogP contribution >= 0.6 is 11.6 Å². The molecule has 13 heteroatoms. The lowest BCUT2D eigenvalue weighted by atomic mass is 10.1. The van der Waals surface area contributed by atoms with Gasteiger partial charge in [0.25, 0.3) is 10.1 Å². The van der Waals surface area contributed by atoms with Gasteiger partial charge in [0, 0.05) is 14.1 Å². The van der Waals surface area contributed by atoms with Gasteiger partial charge in [-0.05, 0) is 45.4 Å². The Hall–Kier alpha value is -2.61. The average Bonchev–Trinajstić information content (AvgIpc) is 3.41. The van der Waals surface area contributed by atoms with Gasteiger partial charge in [0.15, 0.2) is 11.6 Å². The Balaban J connectivity index is 1.52. The first-order chi connectivity index (χ1) is 17.4. The Morgan fingerprint density at radius 1 is 1.19 bits per heavy atom. The van der Waals surface area contributed by atoms with E-state index < -0.39 is 40.5 Å². The minimum absolute atomic E-state index is 0.0622. The molecule has 0 spiro atoms. The number of hydrogen-bond donors (Lipinski definition) is 0. The van der Waals surface area contributed by atoms with Crippen molar-refractivity contribution < 1.29 is 26.8 Å². The third kappa shape index (κ3) is 4.85. The fourth-order valence-electron chi connectivity index (χ4n) is 4.61. The maximum atomic E-state index is 13.2. The van der Waals surface area contributed by atoms with Gasteiger partial charge in [-0.2, -0.15) is 13.5 Å². The first kappa shape index (κ1) is 26.0. The van der Waals surface area contributed by atoms with Crippen molar-refractivity contribution in [3.05, 3.63) is 52.4 Å². The molecular weight excluding hydrogens is 522 g/mol. The van der Waals surface area contributed by atoms with Crippen molar-refractivity contribution >= 4 is 39.4 Å². The smallest absolute Gasteiger partial charge is 0.299 e. The highest BCUT2D eigenvalue weighted by Gasteiger charge is 2.58. The summed E-state index contributed by atoms with van der Waals surface area (Å²) in [4.78, 5) is 10.4. The van der Waals surface area contributed by atoms with E-state index in [1.165, 1.54) is 12.4 Å². The van der Waals surface area contributed by atoms with Crippen LogP contribution in [0.5, 0.6) is 0 Å². The molecule has 3 aromatic rings. The first-order valence-corrected chi connectivity index (χ1v) is 13.4. The van der Waals surface area contributed by atoms with Crippen LogP contribution in [0.15, 0.2) is 40.5 Å². The molecule has 0 N–H and O–H groups in total. The number of aromatic nitrogens is 3. The molecule has 0 amide bonds. The van der Waals surface area contributed by atoms with Crippen LogP contribution in [0.4, 0.5) is 5.82 Å². The number of aryl methyl sites for hydroxylation is 2. The molecule has 11 nitrogen and oxygen atoms in total. The van der Waals surface area contributed by atoms with Crippen LogP contribution in [0.3, 0.4) is 0 Å². The number of fused-ring (bicyclic) bond motifs is 2. The van der Waals surface area contributed by atoms with Gasteiger partial charge in [0.05, 0.1) is 22.0 Å². The summed E-state index contributed by atoms with van der Waals surface area (Å²) in [5.74, 6) is -0.626. The number of aliphatic imine (C=N–C) groups is 1. The summed E-state index contributed by atoms with van der Waals surface area (Å²) in [7, 11) is -0.498. The van der Waals surface area contributed by atoms with Crippen molar-refractivity contribution in [1.29, 1.82) is 0 Å². The molecule has 2 aliphatic heterocycles. The van der Waals surface area contributed by atoms with Crippen molar-refractivity contribution in [1.82, 2.24) is 19.5 Å². The Labute approximate surface area is 220 Å². The molecule has 2 saturated heterocycles. The summed E-state index contributed by atoms with van der Waals surface area (Å²) in [6.45, 7) is 7.10. The van der Waals surface area contributed by atoms with Crippen molar-refractivity contribution in [3.8, 4) is 0 Å². The van der Waals surface area contributed by atoms with Crippen LogP contribution < -0.4 is 0 Å². The molecule has 0 unspecified atom stereocenters. The standard InChI is InChI=1S/C24H28ClN5O6S/c1-13-7-8-17(14(2)9-13)37(31,32)36-23-21-20(34-24(3,4)35-21)19(33-23)16-10-15(25)18-22(27-12-29(5)6)26-11-28-30(16)18/h7-12,19-21,23H,1-6H3/b27-12+/t19-,20-,21+,23+/m0/s1. The van der Waals surface area contributed by atoms with Crippen LogP contribution in [0, 0.1) is 13.8 Å². The molecule has 2 aliphatic rings. The Morgan fingerprint density at radius 2 is 1.92 bits per heavy atom. The van der Waals surface area contributed by atoms with Crippen LogP contribution in [0.1, 0.15) is 36.8 Å². The molecule has 0 radical (unpaired) electrons. The number of halogens is 1. The highest BCUT2D eigenvalue weighted by Crippen LogP contribution is 2.47. The maximum Gasteiger partial charge on any atom is 0.299 e. The summed E-state index contributed by atoms with van der Waals surface area (Å²) < 4.78 is 52.0. The van der Waals surface area contributed by atoms with Crippen molar-refractivity contribution in [2.45, 2.75) is 63.0 Å². The lowest BCUT2D eigenvalue weighted by Gasteiger charge is -2.24. The van der Waals surface area contributed by atoms with Gasteiger partial charge in [0.2, 0.25) is 6.29 Å². The van der Waals surface area contributed by atoms with Crippen molar-refractivity contribution in [2.75, 3.05) is 14.1 Å². The zero-order valence-electron chi connectivity index (χ0n) is 21.2. The van der Waals surface area contributed by atoms with E-state index >= 15 is 0 Å².